The molecule has 0 atom stereocenters. The van der Waals surface area contributed by atoms with Crippen molar-refractivity contribution in [2.75, 3.05) is 0 Å². The molecule has 5 heteroatoms. The fourth-order valence-corrected chi connectivity index (χ4v) is 8.00. The van der Waals surface area contributed by atoms with Crippen LogP contribution in [0.2, 0.25) is 0 Å². The molecular formula is C53H34N4Zn. The predicted molar refractivity (Wildman–Crippen MR) is 237 cm³/mol. The third-order valence-electron chi connectivity index (χ3n) is 10.6. The van der Waals surface area contributed by atoms with Crippen molar-refractivity contribution in [3.8, 4) is 81.5 Å². The number of aryl methyl sites for hydroxylation is 3. The zero-order valence-corrected chi connectivity index (χ0v) is 35.4. The Morgan fingerprint density at radius 1 is 0.397 bits per heavy atom. The van der Waals surface area contributed by atoms with Gasteiger partial charge in [0.1, 0.15) is 0 Å². The molecule has 0 unspecified atom stereocenters. The van der Waals surface area contributed by atoms with Crippen LogP contribution < -0.4 is 9.97 Å². The number of hydrogen-bond donors (Lipinski definition) is 0. The van der Waals surface area contributed by atoms with Crippen molar-refractivity contribution >= 4 is 46.4 Å². The first kappa shape index (κ1) is 37.7. The van der Waals surface area contributed by atoms with E-state index < -0.39 is 0 Å². The Balaban J connectivity index is 0.00000469. The van der Waals surface area contributed by atoms with Gasteiger partial charge in [-0.25, -0.2) is 9.97 Å². The van der Waals surface area contributed by atoms with E-state index in [-0.39, 0.29) is 19.5 Å². The van der Waals surface area contributed by atoms with Gasteiger partial charge < -0.3 is 9.97 Å². The van der Waals surface area contributed by atoms with Crippen LogP contribution in [0.15, 0.2) is 109 Å². The third kappa shape index (κ3) is 6.72. The zero-order valence-electron chi connectivity index (χ0n) is 32.4. The molecule has 0 aliphatic carbocycles. The van der Waals surface area contributed by atoms with Crippen molar-refractivity contribution in [3.05, 3.63) is 165 Å². The molecule has 7 aromatic rings. The third-order valence-corrected chi connectivity index (χ3v) is 10.6. The Labute approximate surface area is 351 Å². The Morgan fingerprint density at radius 3 is 1.00 bits per heavy atom. The number of hydrogen-bond acceptors (Lipinski definition) is 2. The predicted octanol–water partition coefficient (Wildman–Crippen LogP) is 11.4. The van der Waals surface area contributed by atoms with Crippen LogP contribution in [0.3, 0.4) is 0 Å². The standard InChI is InChI=1S/C53H34N4.Zn/c1-7-35-10-16-38(17-11-35)50-41-22-24-43(54-41)51(39-18-12-36(8-2)13-19-39)45-26-28-47(56-45)53(49-33(5)30-32(4)31-34(49)6)48-29-27-46(57-48)52(44-25-23-42(50)55-44)40-20-14-37(9-3)15-21-40;/h1-3,10-31H,4-6H3;/q-2;+2. The molecule has 0 saturated carbocycles. The number of nitrogens with zero attached hydrogens (tertiary/aromatic N) is 4. The van der Waals surface area contributed by atoms with E-state index >= 15 is 0 Å². The minimum atomic E-state index is 0. The minimum absolute atomic E-state index is 0. The summed E-state index contributed by atoms with van der Waals surface area (Å²) in [4.78, 5) is 21.5. The molecule has 3 aromatic heterocycles. The molecule has 4 aromatic carbocycles. The fraction of sp³-hybridized carbons (Fsp3) is 0.0566. The van der Waals surface area contributed by atoms with Gasteiger partial charge in [-0.1, -0.05) is 96.1 Å². The van der Waals surface area contributed by atoms with Gasteiger partial charge in [-0.2, -0.15) is 0 Å². The van der Waals surface area contributed by atoms with Crippen LogP contribution in [-0.4, -0.2) is 9.97 Å². The SMILES string of the molecule is C#Cc1ccc(-c2c3nc(c(-c4ccc(C#C)cc4)c4ccc([n-]4)c(-c4c(C)cc(C)cc4C)c4nc(c(-c5ccc(C#C)cc5)c5ccc2[n-]5)C=C4)C=C3)cc1.[Zn+2]. The Hall–Kier alpha value is -7.22. The van der Waals surface area contributed by atoms with Crippen molar-refractivity contribution in [2.45, 2.75) is 20.8 Å². The average Bonchev–Trinajstić information content (AvgIpc) is 4.07. The summed E-state index contributed by atoms with van der Waals surface area (Å²) in [6.45, 7) is 6.44. The van der Waals surface area contributed by atoms with Crippen LogP contribution in [0, 0.1) is 57.8 Å². The van der Waals surface area contributed by atoms with Gasteiger partial charge in [-0.05, 0) is 137 Å². The Kier molecular flexibility index (Phi) is 9.99. The van der Waals surface area contributed by atoms with Crippen molar-refractivity contribution in [3.63, 3.8) is 0 Å². The molecule has 0 radical (unpaired) electrons. The van der Waals surface area contributed by atoms with Gasteiger partial charge in [0.25, 0.3) is 0 Å². The molecule has 268 valence electrons. The first-order valence-corrected chi connectivity index (χ1v) is 18.7. The van der Waals surface area contributed by atoms with Gasteiger partial charge in [-0.15, -0.1) is 41.3 Å². The molecule has 0 fully saturated rings. The summed E-state index contributed by atoms with van der Waals surface area (Å²) in [7, 11) is 0. The largest absolute Gasteiger partial charge is 2.00 e. The molecule has 0 amide bonds. The van der Waals surface area contributed by atoms with Crippen molar-refractivity contribution < 1.29 is 19.5 Å². The molecule has 9 rings (SSSR count). The quantitative estimate of drug-likeness (QED) is 0.132. The smallest absolute Gasteiger partial charge is 0.657 e. The summed E-state index contributed by atoms with van der Waals surface area (Å²) < 4.78 is 0. The maximum atomic E-state index is 5.78. The second-order valence-corrected chi connectivity index (χ2v) is 14.3. The van der Waals surface area contributed by atoms with Gasteiger partial charge in [0.15, 0.2) is 0 Å². The van der Waals surface area contributed by atoms with E-state index in [1.54, 1.807) is 0 Å². The maximum Gasteiger partial charge on any atom is 2.00 e. The number of fused-ring (bicyclic) bond motifs is 8. The van der Waals surface area contributed by atoms with E-state index in [0.717, 1.165) is 117 Å². The van der Waals surface area contributed by atoms with Gasteiger partial charge in [-0.3, -0.25) is 0 Å². The van der Waals surface area contributed by atoms with Crippen molar-refractivity contribution in [2.24, 2.45) is 0 Å². The van der Waals surface area contributed by atoms with Crippen LogP contribution in [0.4, 0.5) is 0 Å². The maximum absolute atomic E-state index is 5.78. The summed E-state index contributed by atoms with van der Waals surface area (Å²) in [6, 6.07) is 36.6. The zero-order chi connectivity index (χ0) is 39.2. The first-order chi connectivity index (χ1) is 27.8. The normalized spacial score (nSPS) is 11.4. The van der Waals surface area contributed by atoms with Crippen LogP contribution in [-0.2, 0) is 19.5 Å². The molecule has 2 aliphatic rings. The molecule has 4 nitrogen and oxygen atoms in total. The first-order valence-electron chi connectivity index (χ1n) is 18.7. The minimum Gasteiger partial charge on any atom is -0.657 e. The second-order valence-electron chi connectivity index (χ2n) is 14.3. The molecule has 5 heterocycles. The topological polar surface area (TPSA) is 54.0 Å². The van der Waals surface area contributed by atoms with Gasteiger partial charge in [0.2, 0.25) is 0 Å². The molecule has 58 heavy (non-hydrogen) atoms. The van der Waals surface area contributed by atoms with E-state index in [1.165, 1.54) is 5.56 Å². The molecule has 0 saturated heterocycles. The van der Waals surface area contributed by atoms with Crippen LogP contribution in [0.5, 0.6) is 0 Å². The number of benzene rings is 4. The number of terminal acetylenes is 3. The molecule has 0 N–H and O–H groups in total. The van der Waals surface area contributed by atoms with Crippen LogP contribution in [0.1, 0.15) is 56.2 Å². The summed E-state index contributed by atoms with van der Waals surface area (Å²) in [6.07, 6.45) is 25.6. The van der Waals surface area contributed by atoms with Crippen molar-refractivity contribution in [1.29, 1.82) is 0 Å². The second kappa shape index (κ2) is 15.4. The number of aromatic nitrogens is 4. The molecule has 2 aliphatic heterocycles. The summed E-state index contributed by atoms with van der Waals surface area (Å²) in [5, 5.41) is 0. The van der Waals surface area contributed by atoms with E-state index in [2.05, 4.69) is 99.2 Å². The van der Waals surface area contributed by atoms with Crippen LogP contribution >= 0.6 is 0 Å². The summed E-state index contributed by atoms with van der Waals surface area (Å²) in [5.41, 5.74) is 19.7. The monoisotopic (exact) mass is 790 g/mol. The number of rotatable bonds is 4. The molecule has 0 spiro atoms. The average molecular weight is 792 g/mol. The van der Waals surface area contributed by atoms with Gasteiger partial charge in [0.05, 0.1) is 22.8 Å². The Bertz CT molecular complexity index is 3070. The molecule has 8 bridgehead atoms. The summed E-state index contributed by atoms with van der Waals surface area (Å²) in [5.74, 6) is 8.23. The van der Waals surface area contributed by atoms with E-state index in [1.807, 2.05) is 72.8 Å². The fourth-order valence-electron chi connectivity index (χ4n) is 8.00. The Morgan fingerprint density at radius 2 is 0.690 bits per heavy atom. The summed E-state index contributed by atoms with van der Waals surface area (Å²) >= 11 is 0. The van der Waals surface area contributed by atoms with E-state index in [4.69, 9.17) is 39.2 Å². The van der Waals surface area contributed by atoms with Crippen molar-refractivity contribution in [1.82, 2.24) is 19.9 Å². The molecular weight excluding hydrogens is 758 g/mol. The van der Waals surface area contributed by atoms with E-state index in [0.29, 0.717) is 0 Å². The van der Waals surface area contributed by atoms with Gasteiger partial charge in [0, 0.05) is 16.7 Å². The van der Waals surface area contributed by atoms with Crippen LogP contribution in [0.25, 0.3) is 90.9 Å². The van der Waals surface area contributed by atoms with E-state index in [9.17, 15) is 0 Å². The van der Waals surface area contributed by atoms with Gasteiger partial charge >= 0.3 is 19.5 Å².